The third kappa shape index (κ3) is 3.46. The molecule has 0 heterocycles. The molecule has 108 valence electrons. The second kappa shape index (κ2) is 6.88. The van der Waals surface area contributed by atoms with Crippen LogP contribution in [0.5, 0.6) is 0 Å². The van der Waals surface area contributed by atoms with Crippen molar-refractivity contribution in [2.45, 2.75) is 65.6 Å². The second-order valence-electron chi connectivity index (χ2n) is 6.12. The number of ether oxygens (including phenoxy) is 1. The molecule has 0 aromatic carbocycles. The molecule has 1 fully saturated rings. The smallest absolute Gasteiger partial charge is 0.0658 e. The molecule has 0 bridgehead atoms. The van der Waals surface area contributed by atoms with Gasteiger partial charge in [0.15, 0.2) is 0 Å². The minimum atomic E-state index is 0.326. The first-order chi connectivity index (χ1) is 8.45. The Bertz CT molecular complexity index is 245. The van der Waals surface area contributed by atoms with Crippen LogP contribution in [0.4, 0.5) is 0 Å². The van der Waals surface area contributed by atoms with Crippen LogP contribution in [-0.2, 0) is 4.74 Å². The summed E-state index contributed by atoms with van der Waals surface area (Å²) in [4.78, 5) is 2.38. The van der Waals surface area contributed by atoms with E-state index >= 15 is 0 Å². The van der Waals surface area contributed by atoms with Crippen molar-refractivity contribution in [3.63, 3.8) is 0 Å². The first kappa shape index (κ1) is 15.9. The Morgan fingerprint density at radius 1 is 1.39 bits per heavy atom. The quantitative estimate of drug-likeness (QED) is 0.722. The highest BCUT2D eigenvalue weighted by Gasteiger charge is 2.50. The molecule has 1 aliphatic carbocycles. The normalized spacial score (nSPS) is 32.0. The maximum Gasteiger partial charge on any atom is 0.0658 e. The summed E-state index contributed by atoms with van der Waals surface area (Å²) in [5.41, 5.74) is 0.326. The molecule has 0 aromatic heterocycles. The number of hydrogen-bond donors (Lipinski definition) is 1. The summed E-state index contributed by atoms with van der Waals surface area (Å²) in [6.45, 7) is 14.2. The van der Waals surface area contributed by atoms with Crippen molar-refractivity contribution in [3.05, 3.63) is 0 Å². The summed E-state index contributed by atoms with van der Waals surface area (Å²) in [6.07, 6.45) is 2.81. The average molecular weight is 256 g/mol. The topological polar surface area (TPSA) is 24.5 Å². The Balaban J connectivity index is 2.32. The Morgan fingerprint density at radius 2 is 2.06 bits per heavy atom. The molecule has 3 atom stereocenters. The fourth-order valence-electron chi connectivity index (χ4n) is 2.74. The molecule has 0 spiro atoms. The van der Waals surface area contributed by atoms with E-state index in [-0.39, 0.29) is 0 Å². The number of nitrogens with zero attached hydrogens (tertiary/aromatic N) is 1. The molecule has 0 aromatic rings. The van der Waals surface area contributed by atoms with Gasteiger partial charge in [-0.1, -0.05) is 13.8 Å². The van der Waals surface area contributed by atoms with Crippen molar-refractivity contribution in [2.24, 2.45) is 5.41 Å². The van der Waals surface area contributed by atoms with Crippen LogP contribution in [0, 0.1) is 5.41 Å². The molecular weight excluding hydrogens is 224 g/mol. The van der Waals surface area contributed by atoms with Gasteiger partial charge < -0.3 is 15.0 Å². The summed E-state index contributed by atoms with van der Waals surface area (Å²) in [5, 5.41) is 3.71. The minimum Gasteiger partial charge on any atom is -0.378 e. The lowest BCUT2D eigenvalue weighted by Gasteiger charge is -2.54. The highest BCUT2D eigenvalue weighted by Crippen LogP contribution is 2.45. The molecule has 0 saturated heterocycles. The van der Waals surface area contributed by atoms with Crippen molar-refractivity contribution >= 4 is 0 Å². The second-order valence-corrected chi connectivity index (χ2v) is 6.12. The summed E-state index contributed by atoms with van der Waals surface area (Å²) in [6, 6.07) is 1.25. The molecule has 1 aliphatic rings. The molecule has 3 heteroatoms. The molecule has 1 N–H and O–H groups in total. The van der Waals surface area contributed by atoms with Crippen LogP contribution < -0.4 is 5.32 Å². The van der Waals surface area contributed by atoms with Crippen LogP contribution in [-0.4, -0.2) is 49.8 Å². The molecule has 18 heavy (non-hydrogen) atoms. The predicted molar refractivity (Wildman–Crippen MR) is 78.0 cm³/mol. The zero-order valence-electron chi connectivity index (χ0n) is 13.1. The number of hydrogen-bond acceptors (Lipinski definition) is 3. The molecule has 0 aliphatic heterocycles. The van der Waals surface area contributed by atoms with Crippen LogP contribution >= 0.6 is 0 Å². The van der Waals surface area contributed by atoms with E-state index in [1.807, 2.05) is 0 Å². The maximum atomic E-state index is 5.83. The number of rotatable bonds is 8. The van der Waals surface area contributed by atoms with E-state index in [9.17, 15) is 0 Å². The van der Waals surface area contributed by atoms with Gasteiger partial charge in [0.25, 0.3) is 0 Å². The summed E-state index contributed by atoms with van der Waals surface area (Å²) >= 11 is 0. The van der Waals surface area contributed by atoms with Crippen molar-refractivity contribution < 1.29 is 4.74 Å². The Morgan fingerprint density at radius 3 is 2.56 bits per heavy atom. The predicted octanol–water partition coefficient (Wildman–Crippen LogP) is 2.51. The molecule has 1 rings (SSSR count). The minimum absolute atomic E-state index is 0.326. The van der Waals surface area contributed by atoms with Crippen LogP contribution in [0.1, 0.15) is 47.5 Å². The largest absolute Gasteiger partial charge is 0.378 e. The zero-order valence-corrected chi connectivity index (χ0v) is 13.1. The van der Waals surface area contributed by atoms with Crippen molar-refractivity contribution in [3.8, 4) is 0 Å². The van der Waals surface area contributed by atoms with Gasteiger partial charge in [0.2, 0.25) is 0 Å². The van der Waals surface area contributed by atoms with Crippen molar-refractivity contribution in [1.82, 2.24) is 10.2 Å². The van der Waals surface area contributed by atoms with Crippen LogP contribution in [0.15, 0.2) is 0 Å². The van der Waals surface area contributed by atoms with Gasteiger partial charge in [-0.3, -0.25) is 0 Å². The van der Waals surface area contributed by atoms with Gasteiger partial charge in [-0.2, -0.15) is 0 Å². The lowest BCUT2D eigenvalue weighted by Crippen LogP contribution is -2.62. The third-order valence-electron chi connectivity index (χ3n) is 4.85. The maximum absolute atomic E-state index is 5.83. The Kier molecular flexibility index (Phi) is 6.09. The van der Waals surface area contributed by atoms with Gasteiger partial charge in [0.05, 0.1) is 6.10 Å². The molecule has 0 amide bonds. The molecule has 3 nitrogen and oxygen atoms in total. The van der Waals surface area contributed by atoms with Crippen LogP contribution in [0.25, 0.3) is 0 Å². The summed E-state index contributed by atoms with van der Waals surface area (Å²) in [5.74, 6) is 0. The van der Waals surface area contributed by atoms with Crippen molar-refractivity contribution in [1.29, 1.82) is 0 Å². The van der Waals surface area contributed by atoms with Gasteiger partial charge in [0.1, 0.15) is 0 Å². The Labute approximate surface area is 113 Å². The van der Waals surface area contributed by atoms with E-state index < -0.39 is 0 Å². The molecule has 1 saturated carbocycles. The summed E-state index contributed by atoms with van der Waals surface area (Å²) in [7, 11) is 2.19. The lowest BCUT2D eigenvalue weighted by molar-refractivity contribution is -0.125. The fourth-order valence-corrected chi connectivity index (χ4v) is 2.74. The monoisotopic (exact) mass is 256 g/mol. The van der Waals surface area contributed by atoms with Crippen LogP contribution in [0.2, 0.25) is 0 Å². The van der Waals surface area contributed by atoms with E-state index in [4.69, 9.17) is 4.74 Å². The highest BCUT2D eigenvalue weighted by molar-refractivity contribution is 5.04. The van der Waals surface area contributed by atoms with Gasteiger partial charge in [0, 0.05) is 37.2 Å². The standard InChI is InChI=1S/C15H32N2O/c1-7-15(5)13(11-14(15)18-8-2)16-9-10-17(6)12(3)4/h12-14,16H,7-11H2,1-6H3. The van der Waals surface area contributed by atoms with E-state index in [1.54, 1.807) is 0 Å². The SMILES string of the molecule is CCOC1CC(NCCN(C)C(C)C)C1(C)CC. The fraction of sp³-hybridized carbons (Fsp3) is 1.00. The van der Waals surface area contributed by atoms with Crippen molar-refractivity contribution in [2.75, 3.05) is 26.7 Å². The lowest BCUT2D eigenvalue weighted by atomic mass is 9.61. The molecular formula is C15H32N2O. The van der Waals surface area contributed by atoms with E-state index in [0.29, 0.717) is 23.6 Å². The molecule has 0 radical (unpaired) electrons. The van der Waals surface area contributed by atoms with E-state index in [1.165, 1.54) is 12.8 Å². The zero-order chi connectivity index (χ0) is 13.8. The van der Waals surface area contributed by atoms with Crippen LogP contribution in [0.3, 0.4) is 0 Å². The van der Waals surface area contributed by atoms with Gasteiger partial charge in [-0.25, -0.2) is 0 Å². The third-order valence-corrected chi connectivity index (χ3v) is 4.85. The van der Waals surface area contributed by atoms with Gasteiger partial charge >= 0.3 is 0 Å². The number of likely N-dealkylation sites (N-methyl/N-ethyl adjacent to an activating group) is 1. The summed E-state index contributed by atoms with van der Waals surface area (Å²) < 4.78 is 5.83. The first-order valence-electron chi connectivity index (χ1n) is 7.50. The average Bonchev–Trinajstić information content (AvgIpc) is 2.35. The number of nitrogens with one attached hydrogen (secondary N) is 1. The van der Waals surface area contributed by atoms with E-state index in [2.05, 4.69) is 51.9 Å². The highest BCUT2D eigenvalue weighted by atomic mass is 16.5. The van der Waals surface area contributed by atoms with Gasteiger partial charge in [-0.05, 0) is 40.7 Å². The van der Waals surface area contributed by atoms with Gasteiger partial charge in [-0.15, -0.1) is 0 Å². The molecule has 3 unspecified atom stereocenters. The van der Waals surface area contributed by atoms with E-state index in [0.717, 1.165) is 19.7 Å². The Hall–Kier alpha value is -0.120. The first-order valence-corrected chi connectivity index (χ1v) is 7.50.